The normalized spacial score (nSPS) is 12.0. The quantitative estimate of drug-likeness (QED) is 0.106. The highest BCUT2D eigenvalue weighted by Gasteiger charge is 2.09. The summed E-state index contributed by atoms with van der Waals surface area (Å²) in [5.41, 5.74) is 4.40. The number of rotatable bonds is 23. The van der Waals surface area contributed by atoms with Gasteiger partial charge in [-0.15, -0.1) is 0 Å². The van der Waals surface area contributed by atoms with E-state index in [2.05, 4.69) is 48.1 Å². The van der Waals surface area contributed by atoms with E-state index in [0.29, 0.717) is 12.2 Å². The van der Waals surface area contributed by atoms with E-state index in [4.69, 9.17) is 4.74 Å². The fourth-order valence-electron chi connectivity index (χ4n) is 5.42. The minimum Gasteiger partial charge on any atom is -0.491 e. The molecule has 42 heavy (non-hydrogen) atoms. The van der Waals surface area contributed by atoms with Crippen LogP contribution in [-0.2, 0) is 6.42 Å². The third-order valence-corrected chi connectivity index (χ3v) is 8.17. The second kappa shape index (κ2) is 21.0. The molecule has 0 aliphatic rings. The topological polar surface area (TPSA) is 35.0 Å². The zero-order chi connectivity index (χ0) is 29.7. The van der Waals surface area contributed by atoms with E-state index in [9.17, 15) is 4.39 Å². The lowest BCUT2D eigenvalue weighted by Crippen LogP contribution is -2.12. The molecule has 1 unspecified atom stereocenters. The molecule has 0 fully saturated rings. The molecule has 3 rings (SSSR count). The van der Waals surface area contributed by atoms with Gasteiger partial charge in [-0.3, -0.25) is 0 Å². The number of halogens is 1. The lowest BCUT2D eigenvalue weighted by Gasteiger charge is -2.11. The molecular formula is C38H55FN2O. The predicted molar refractivity (Wildman–Crippen MR) is 177 cm³/mol. The molecule has 0 amide bonds. The number of aryl methyl sites for hydroxylation is 1. The van der Waals surface area contributed by atoms with Crippen molar-refractivity contribution < 1.29 is 9.13 Å². The van der Waals surface area contributed by atoms with Crippen LogP contribution >= 0.6 is 0 Å². The van der Waals surface area contributed by atoms with Crippen molar-refractivity contribution in [2.24, 2.45) is 0 Å². The second-order valence-corrected chi connectivity index (χ2v) is 11.9. The number of hydrogen-bond donors (Lipinski definition) is 0. The van der Waals surface area contributed by atoms with Crippen molar-refractivity contribution >= 4 is 0 Å². The van der Waals surface area contributed by atoms with Gasteiger partial charge in [0.25, 0.3) is 0 Å². The number of hydrogen-bond acceptors (Lipinski definition) is 3. The molecule has 0 aliphatic heterocycles. The van der Waals surface area contributed by atoms with Crippen molar-refractivity contribution in [2.75, 3.05) is 6.61 Å². The molecule has 1 atom stereocenters. The average Bonchev–Trinajstić information content (AvgIpc) is 3.03. The molecule has 0 saturated heterocycles. The minimum atomic E-state index is -0.912. The van der Waals surface area contributed by atoms with Crippen molar-refractivity contribution in [1.29, 1.82) is 0 Å². The molecule has 3 nitrogen and oxygen atoms in total. The summed E-state index contributed by atoms with van der Waals surface area (Å²) in [7, 11) is 0. The van der Waals surface area contributed by atoms with Crippen LogP contribution in [0.2, 0.25) is 0 Å². The number of alkyl halides is 1. The van der Waals surface area contributed by atoms with Crippen LogP contribution in [0.1, 0.15) is 129 Å². The fourth-order valence-corrected chi connectivity index (χ4v) is 5.42. The molecule has 1 aromatic heterocycles. The molecule has 0 aliphatic carbocycles. The average molecular weight is 575 g/mol. The maximum Gasteiger partial charge on any atom is 0.159 e. The van der Waals surface area contributed by atoms with Crippen molar-refractivity contribution in [3.63, 3.8) is 0 Å². The number of benzene rings is 2. The van der Waals surface area contributed by atoms with Gasteiger partial charge < -0.3 is 4.74 Å². The molecule has 3 aromatic rings. The third kappa shape index (κ3) is 13.5. The highest BCUT2D eigenvalue weighted by Crippen LogP contribution is 2.24. The number of ether oxygens (including phenoxy) is 1. The van der Waals surface area contributed by atoms with Crippen LogP contribution in [0.3, 0.4) is 0 Å². The maximum atomic E-state index is 14.2. The van der Waals surface area contributed by atoms with Crippen molar-refractivity contribution in [2.45, 2.75) is 136 Å². The number of unbranched alkanes of at least 4 members (excludes halogenated alkanes) is 14. The van der Waals surface area contributed by atoms with E-state index >= 15 is 0 Å². The Morgan fingerprint density at radius 2 is 1.07 bits per heavy atom. The monoisotopic (exact) mass is 574 g/mol. The van der Waals surface area contributed by atoms with Crippen LogP contribution in [-0.4, -0.2) is 22.7 Å². The van der Waals surface area contributed by atoms with E-state index < -0.39 is 6.17 Å². The summed E-state index contributed by atoms with van der Waals surface area (Å²) in [4.78, 5) is 9.25. The largest absolute Gasteiger partial charge is 0.491 e. The van der Waals surface area contributed by atoms with Crippen LogP contribution in [0.25, 0.3) is 22.5 Å². The zero-order valence-electron chi connectivity index (χ0n) is 26.5. The lowest BCUT2D eigenvalue weighted by molar-refractivity contribution is 0.184. The Labute approximate surface area is 255 Å². The van der Waals surface area contributed by atoms with Gasteiger partial charge in [0.15, 0.2) is 5.82 Å². The molecule has 2 aromatic carbocycles. The summed E-state index contributed by atoms with van der Waals surface area (Å²) in [6, 6.07) is 16.5. The molecule has 0 N–H and O–H groups in total. The standard InChI is InChI=1S/C38H55FN2O/c1-3-5-7-9-11-12-13-14-15-17-19-32-21-23-34(24-22-32)38-40-29-35(30-41-38)33-25-27-37(28-26-33)42-31-36(39)20-18-16-10-8-6-4-2/h21-30,36H,3-20,31H2,1-2H3. The van der Waals surface area contributed by atoms with Crippen LogP contribution in [0, 0.1) is 0 Å². The molecule has 0 radical (unpaired) electrons. The highest BCUT2D eigenvalue weighted by molar-refractivity contribution is 5.64. The third-order valence-electron chi connectivity index (χ3n) is 8.17. The van der Waals surface area contributed by atoms with Crippen LogP contribution in [0.15, 0.2) is 60.9 Å². The van der Waals surface area contributed by atoms with Gasteiger partial charge in [0.05, 0.1) is 0 Å². The van der Waals surface area contributed by atoms with Crippen LogP contribution < -0.4 is 4.74 Å². The molecule has 230 valence electrons. The summed E-state index contributed by atoms with van der Waals surface area (Å²) >= 11 is 0. The van der Waals surface area contributed by atoms with Crippen molar-refractivity contribution in [1.82, 2.24) is 9.97 Å². The first kappa shape index (κ1) is 33.7. The van der Waals surface area contributed by atoms with Gasteiger partial charge in [0, 0.05) is 23.5 Å². The first-order chi connectivity index (χ1) is 20.7. The van der Waals surface area contributed by atoms with E-state index in [1.54, 1.807) is 0 Å². The fraction of sp³-hybridized carbons (Fsp3) is 0.579. The van der Waals surface area contributed by atoms with E-state index in [1.165, 1.54) is 95.5 Å². The Kier molecular flexibility index (Phi) is 16.9. The van der Waals surface area contributed by atoms with Gasteiger partial charge in [-0.2, -0.15) is 0 Å². The first-order valence-electron chi connectivity index (χ1n) is 17.0. The zero-order valence-corrected chi connectivity index (χ0v) is 26.5. The molecule has 0 spiro atoms. The maximum absolute atomic E-state index is 14.2. The van der Waals surface area contributed by atoms with Crippen LogP contribution in [0.5, 0.6) is 5.75 Å². The first-order valence-corrected chi connectivity index (χ1v) is 17.0. The number of aromatic nitrogens is 2. The Morgan fingerprint density at radius 3 is 1.64 bits per heavy atom. The SMILES string of the molecule is CCCCCCCCCCCCc1ccc(-c2ncc(-c3ccc(OCC(F)CCCCCCCC)cc3)cn2)cc1. The predicted octanol–water partition coefficient (Wildman–Crippen LogP) is 11.7. The number of nitrogens with zero attached hydrogens (tertiary/aromatic N) is 2. The summed E-state index contributed by atoms with van der Waals surface area (Å²) in [5.74, 6) is 1.43. The van der Waals surface area contributed by atoms with Gasteiger partial charge in [0.2, 0.25) is 0 Å². The smallest absolute Gasteiger partial charge is 0.159 e. The molecule has 0 saturated carbocycles. The summed E-state index contributed by atoms with van der Waals surface area (Å²) in [6.45, 7) is 4.61. The second-order valence-electron chi connectivity index (χ2n) is 11.9. The van der Waals surface area contributed by atoms with Crippen molar-refractivity contribution in [3.05, 3.63) is 66.5 Å². The van der Waals surface area contributed by atoms with E-state index in [1.807, 2.05) is 36.7 Å². The Bertz CT molecular complexity index is 1070. The molecule has 4 heteroatoms. The van der Waals surface area contributed by atoms with Crippen LogP contribution in [0.4, 0.5) is 4.39 Å². The molecule has 1 heterocycles. The van der Waals surface area contributed by atoms with Gasteiger partial charge in [0.1, 0.15) is 18.5 Å². The molecule has 0 bridgehead atoms. The summed E-state index contributed by atoms with van der Waals surface area (Å²) in [6.07, 6.45) is 25.3. The lowest BCUT2D eigenvalue weighted by atomic mass is 10.0. The van der Waals surface area contributed by atoms with Gasteiger partial charge in [-0.25, -0.2) is 14.4 Å². The Hall–Kier alpha value is -2.75. The van der Waals surface area contributed by atoms with E-state index in [0.717, 1.165) is 41.8 Å². The van der Waals surface area contributed by atoms with Gasteiger partial charge >= 0.3 is 0 Å². The van der Waals surface area contributed by atoms with Gasteiger partial charge in [-0.1, -0.05) is 147 Å². The van der Waals surface area contributed by atoms with Gasteiger partial charge in [-0.05, 0) is 42.5 Å². The summed E-state index contributed by atoms with van der Waals surface area (Å²) < 4.78 is 19.9. The van der Waals surface area contributed by atoms with E-state index in [-0.39, 0.29) is 6.61 Å². The summed E-state index contributed by atoms with van der Waals surface area (Å²) in [5, 5.41) is 0. The molecular weight excluding hydrogens is 519 g/mol. The Balaban J connectivity index is 1.34. The minimum absolute atomic E-state index is 0.115. The highest BCUT2D eigenvalue weighted by atomic mass is 19.1. The Morgan fingerprint density at radius 1 is 0.571 bits per heavy atom. The van der Waals surface area contributed by atoms with Crippen molar-refractivity contribution in [3.8, 4) is 28.3 Å².